The van der Waals surface area contributed by atoms with Gasteiger partial charge in [0.15, 0.2) is 0 Å². The van der Waals surface area contributed by atoms with E-state index in [-0.39, 0.29) is 11.0 Å². The van der Waals surface area contributed by atoms with Gasteiger partial charge in [0.05, 0.1) is 11.0 Å². The van der Waals surface area contributed by atoms with Gasteiger partial charge in [-0.2, -0.15) is 0 Å². The number of hydrogen-bond acceptors (Lipinski definition) is 3. The zero-order chi connectivity index (χ0) is 14.6. The Morgan fingerprint density at radius 2 is 2.11 bits per heavy atom. The van der Waals surface area contributed by atoms with Crippen LogP contribution in [-0.4, -0.2) is 23.3 Å². The number of nitrogens with one attached hydrogen (secondary N) is 1. The van der Waals surface area contributed by atoms with Crippen LogP contribution in [0.1, 0.15) is 24.2 Å². The van der Waals surface area contributed by atoms with E-state index in [0.717, 1.165) is 18.2 Å². The van der Waals surface area contributed by atoms with Crippen LogP contribution in [0.5, 0.6) is 0 Å². The molecule has 19 heavy (non-hydrogen) atoms. The number of nitrogens with zero attached hydrogens (tertiary/aromatic N) is 1. The van der Waals surface area contributed by atoms with Gasteiger partial charge >= 0.3 is 0 Å². The minimum absolute atomic E-state index is 0.0860. The maximum absolute atomic E-state index is 13.2. The minimum Gasteiger partial charge on any atom is -0.351 e. The van der Waals surface area contributed by atoms with E-state index >= 15 is 0 Å². The minimum atomic E-state index is -0.823. The molecule has 0 aromatic heterocycles. The topological polar surface area (TPSA) is 72.2 Å². The zero-order valence-corrected chi connectivity index (χ0v) is 11.3. The summed E-state index contributed by atoms with van der Waals surface area (Å²) in [7, 11) is 0. The van der Waals surface area contributed by atoms with E-state index in [1.54, 1.807) is 0 Å². The van der Waals surface area contributed by atoms with Gasteiger partial charge in [0.2, 0.25) is 0 Å². The molecule has 104 valence electrons. The number of carbonyl (C=O) groups is 1. The molecular weight excluding hydrogens is 275 g/mol. The van der Waals surface area contributed by atoms with Gasteiger partial charge in [0.25, 0.3) is 11.6 Å². The van der Waals surface area contributed by atoms with Crippen LogP contribution in [0.25, 0.3) is 0 Å². The standard InChI is InChI=1S/C12H14ClFN2O3/c1-12(2,6-13)7-15-11(17)8-3-9(14)5-10(4-8)16(18)19/h3-5H,6-7H2,1-2H3,(H,15,17). The van der Waals surface area contributed by atoms with Gasteiger partial charge in [-0.15, -0.1) is 11.6 Å². The van der Waals surface area contributed by atoms with Crippen LogP contribution < -0.4 is 5.32 Å². The lowest BCUT2D eigenvalue weighted by atomic mass is 9.96. The summed E-state index contributed by atoms with van der Waals surface area (Å²) in [6, 6.07) is 2.75. The Morgan fingerprint density at radius 1 is 1.47 bits per heavy atom. The highest BCUT2D eigenvalue weighted by Crippen LogP contribution is 2.18. The number of carbonyl (C=O) groups excluding carboxylic acids is 1. The lowest BCUT2D eigenvalue weighted by Crippen LogP contribution is -2.35. The Balaban J connectivity index is 2.85. The van der Waals surface area contributed by atoms with Gasteiger partial charge in [-0.25, -0.2) is 4.39 Å². The second-order valence-corrected chi connectivity index (χ2v) is 5.20. The van der Waals surface area contributed by atoms with Crippen LogP contribution in [0.2, 0.25) is 0 Å². The summed E-state index contributed by atoms with van der Waals surface area (Å²) in [6.07, 6.45) is 0. The first-order chi connectivity index (χ1) is 8.75. The van der Waals surface area contributed by atoms with E-state index in [1.165, 1.54) is 0 Å². The molecule has 0 saturated heterocycles. The summed E-state index contributed by atoms with van der Waals surface area (Å²) in [5.74, 6) is -1.05. The molecule has 0 bridgehead atoms. The number of benzene rings is 1. The van der Waals surface area contributed by atoms with E-state index in [4.69, 9.17) is 11.6 Å². The lowest BCUT2D eigenvalue weighted by molar-refractivity contribution is -0.385. The van der Waals surface area contributed by atoms with E-state index in [9.17, 15) is 19.3 Å². The van der Waals surface area contributed by atoms with E-state index in [2.05, 4.69) is 5.32 Å². The number of nitro benzene ring substituents is 1. The monoisotopic (exact) mass is 288 g/mol. The number of halogens is 2. The van der Waals surface area contributed by atoms with Crippen molar-refractivity contribution >= 4 is 23.2 Å². The van der Waals surface area contributed by atoms with Crippen LogP contribution >= 0.6 is 11.6 Å². The van der Waals surface area contributed by atoms with Gasteiger partial charge in [0.1, 0.15) is 5.82 Å². The normalized spacial score (nSPS) is 11.2. The summed E-state index contributed by atoms with van der Waals surface area (Å²) < 4.78 is 13.2. The van der Waals surface area contributed by atoms with Crippen molar-refractivity contribution in [2.75, 3.05) is 12.4 Å². The van der Waals surface area contributed by atoms with E-state index < -0.39 is 22.3 Å². The third-order valence-electron chi connectivity index (χ3n) is 2.44. The van der Waals surface area contributed by atoms with Crippen LogP contribution in [0, 0.1) is 21.3 Å². The number of nitro groups is 1. The average molecular weight is 289 g/mol. The molecule has 5 nitrogen and oxygen atoms in total. The maximum atomic E-state index is 13.2. The molecule has 1 rings (SSSR count). The predicted octanol–water partition coefficient (Wildman–Crippen LogP) is 2.73. The van der Waals surface area contributed by atoms with Gasteiger partial charge in [-0.1, -0.05) is 13.8 Å². The summed E-state index contributed by atoms with van der Waals surface area (Å²) in [6.45, 7) is 4.00. The molecule has 1 aromatic carbocycles. The van der Waals surface area contributed by atoms with Crippen molar-refractivity contribution in [2.45, 2.75) is 13.8 Å². The molecule has 0 radical (unpaired) electrons. The number of rotatable bonds is 5. The maximum Gasteiger partial charge on any atom is 0.273 e. The van der Waals surface area contributed by atoms with Crippen molar-refractivity contribution in [1.82, 2.24) is 5.32 Å². The number of alkyl halides is 1. The van der Waals surface area contributed by atoms with Crippen molar-refractivity contribution < 1.29 is 14.1 Å². The summed E-state index contributed by atoms with van der Waals surface area (Å²) >= 11 is 5.71. The molecule has 0 spiro atoms. The molecule has 1 amide bonds. The van der Waals surface area contributed by atoms with Crippen molar-refractivity contribution in [3.63, 3.8) is 0 Å². The highest BCUT2D eigenvalue weighted by molar-refractivity contribution is 6.18. The average Bonchev–Trinajstić information content (AvgIpc) is 2.35. The lowest BCUT2D eigenvalue weighted by Gasteiger charge is -2.21. The Hall–Kier alpha value is -1.69. The first-order valence-electron chi connectivity index (χ1n) is 5.54. The molecular formula is C12H14ClFN2O3. The second kappa shape index (κ2) is 5.97. The van der Waals surface area contributed by atoms with E-state index in [0.29, 0.717) is 12.4 Å². The number of hydrogen-bond donors (Lipinski definition) is 1. The van der Waals surface area contributed by atoms with E-state index in [1.807, 2.05) is 13.8 Å². The van der Waals surface area contributed by atoms with Crippen LogP contribution in [0.4, 0.5) is 10.1 Å². The largest absolute Gasteiger partial charge is 0.351 e. The summed E-state index contributed by atoms with van der Waals surface area (Å²) in [4.78, 5) is 21.6. The molecule has 0 aliphatic rings. The fraction of sp³-hybridized carbons (Fsp3) is 0.417. The zero-order valence-electron chi connectivity index (χ0n) is 10.6. The third kappa shape index (κ3) is 4.48. The molecule has 0 unspecified atom stereocenters. The van der Waals surface area contributed by atoms with Gasteiger partial charge < -0.3 is 5.32 Å². The van der Waals surface area contributed by atoms with Crippen molar-refractivity contribution in [3.8, 4) is 0 Å². The van der Waals surface area contributed by atoms with Crippen LogP contribution in [-0.2, 0) is 0 Å². The highest BCUT2D eigenvalue weighted by Gasteiger charge is 2.19. The molecule has 0 heterocycles. The molecule has 0 aliphatic carbocycles. The molecule has 0 saturated carbocycles. The molecule has 0 fully saturated rings. The second-order valence-electron chi connectivity index (χ2n) is 4.94. The van der Waals surface area contributed by atoms with Crippen molar-refractivity contribution in [2.24, 2.45) is 5.41 Å². The SMILES string of the molecule is CC(C)(CCl)CNC(=O)c1cc(F)cc([N+](=O)[O-])c1. The summed E-state index contributed by atoms with van der Waals surface area (Å²) in [5.41, 5.74) is -0.852. The van der Waals surface area contributed by atoms with Gasteiger partial charge in [-0.05, 0) is 11.5 Å². The Kier molecular flexibility index (Phi) is 4.83. The first-order valence-corrected chi connectivity index (χ1v) is 6.08. The number of non-ortho nitro benzene ring substituents is 1. The third-order valence-corrected chi connectivity index (χ3v) is 3.17. The Labute approximate surface area is 114 Å². The van der Waals surface area contributed by atoms with Crippen molar-refractivity contribution in [3.05, 3.63) is 39.7 Å². The molecule has 0 aliphatic heterocycles. The molecule has 7 heteroatoms. The fourth-order valence-corrected chi connectivity index (χ4v) is 1.37. The first kappa shape index (κ1) is 15.4. The fourth-order valence-electron chi connectivity index (χ4n) is 1.28. The van der Waals surface area contributed by atoms with Gasteiger partial charge in [-0.3, -0.25) is 14.9 Å². The predicted molar refractivity (Wildman–Crippen MR) is 69.9 cm³/mol. The molecule has 1 aromatic rings. The Morgan fingerprint density at radius 3 is 2.63 bits per heavy atom. The van der Waals surface area contributed by atoms with Crippen LogP contribution in [0.15, 0.2) is 18.2 Å². The van der Waals surface area contributed by atoms with Crippen molar-refractivity contribution in [1.29, 1.82) is 0 Å². The Bertz CT molecular complexity index is 506. The highest BCUT2D eigenvalue weighted by atomic mass is 35.5. The quantitative estimate of drug-likeness (QED) is 0.514. The smallest absolute Gasteiger partial charge is 0.273 e. The summed E-state index contributed by atoms with van der Waals surface area (Å²) in [5, 5.41) is 13.2. The van der Waals surface area contributed by atoms with Gasteiger partial charge in [0, 0.05) is 24.1 Å². The molecule has 0 atom stereocenters. The molecule has 1 N–H and O–H groups in total. The number of amides is 1. The van der Waals surface area contributed by atoms with Crippen LogP contribution in [0.3, 0.4) is 0 Å².